The van der Waals surface area contributed by atoms with E-state index in [4.69, 9.17) is 9.47 Å². The van der Waals surface area contributed by atoms with E-state index >= 15 is 0 Å². The molecule has 22 heavy (non-hydrogen) atoms. The molecule has 6 heteroatoms. The molecule has 1 amide bonds. The highest BCUT2D eigenvalue weighted by Crippen LogP contribution is 2.33. The Morgan fingerprint density at radius 2 is 2.09 bits per heavy atom. The average Bonchev–Trinajstić information content (AvgIpc) is 3.01. The number of amides is 1. The van der Waals surface area contributed by atoms with Gasteiger partial charge in [-0.2, -0.15) is 0 Å². The summed E-state index contributed by atoms with van der Waals surface area (Å²) < 4.78 is 11.5. The highest BCUT2D eigenvalue weighted by Gasteiger charge is 2.39. The van der Waals surface area contributed by atoms with E-state index in [-0.39, 0.29) is 11.7 Å². The molecule has 0 bridgehead atoms. The van der Waals surface area contributed by atoms with Crippen LogP contribution in [0, 0.1) is 0 Å². The van der Waals surface area contributed by atoms with Crippen molar-refractivity contribution >= 4 is 11.6 Å². The van der Waals surface area contributed by atoms with Gasteiger partial charge < -0.3 is 19.7 Å². The molecule has 2 aliphatic rings. The Kier molecular flexibility index (Phi) is 4.59. The van der Waals surface area contributed by atoms with E-state index in [1.165, 1.54) is 0 Å². The molecule has 2 aliphatic heterocycles. The summed E-state index contributed by atoms with van der Waals surface area (Å²) in [5, 5.41) is 2.86. The molecule has 1 N–H and O–H groups in total. The molecule has 0 atom stereocenters. The lowest BCUT2D eigenvalue weighted by atomic mass is 10.0. The zero-order valence-corrected chi connectivity index (χ0v) is 13.0. The third kappa shape index (κ3) is 3.23. The highest BCUT2D eigenvalue weighted by molar-refractivity contribution is 5.93. The van der Waals surface area contributed by atoms with Crippen LogP contribution in [0.4, 0.5) is 5.69 Å². The lowest BCUT2D eigenvalue weighted by Crippen LogP contribution is -2.45. The molecule has 2 saturated heterocycles. The number of anilines is 1. The Morgan fingerprint density at radius 3 is 2.77 bits per heavy atom. The maximum absolute atomic E-state index is 12.0. The monoisotopic (exact) mass is 305 g/mol. The van der Waals surface area contributed by atoms with Gasteiger partial charge in [-0.05, 0) is 18.6 Å². The molecule has 6 nitrogen and oxygen atoms in total. The Bertz CT molecular complexity index is 519. The third-order valence-electron chi connectivity index (χ3n) is 4.22. The van der Waals surface area contributed by atoms with Crippen molar-refractivity contribution in [1.82, 2.24) is 10.3 Å². The number of ether oxygens (including phenoxy) is 2. The van der Waals surface area contributed by atoms with Crippen LogP contribution in [0.3, 0.4) is 0 Å². The number of carbonyl (C=O) groups excluding carboxylic acids is 1. The summed E-state index contributed by atoms with van der Waals surface area (Å²) in [6.45, 7) is 5.81. The summed E-state index contributed by atoms with van der Waals surface area (Å²) in [6, 6.07) is 3.81. The molecule has 2 fully saturated rings. The van der Waals surface area contributed by atoms with E-state index in [1.807, 2.05) is 19.1 Å². The van der Waals surface area contributed by atoms with E-state index in [2.05, 4.69) is 15.2 Å². The first-order valence-corrected chi connectivity index (χ1v) is 7.99. The SMILES string of the molecule is CCCNC(=O)c1cc(N2CCC3(CC2)OCCO3)ccn1. The third-order valence-corrected chi connectivity index (χ3v) is 4.22. The van der Waals surface area contributed by atoms with Crippen LogP contribution in [0.15, 0.2) is 18.3 Å². The molecule has 1 aromatic heterocycles. The Labute approximate surface area is 130 Å². The van der Waals surface area contributed by atoms with E-state index < -0.39 is 0 Å². The number of hydrogen-bond donors (Lipinski definition) is 1. The lowest BCUT2D eigenvalue weighted by Gasteiger charge is -2.38. The number of hydrogen-bond acceptors (Lipinski definition) is 5. The predicted octanol–water partition coefficient (Wildman–Crippen LogP) is 1.56. The summed E-state index contributed by atoms with van der Waals surface area (Å²) >= 11 is 0. The van der Waals surface area contributed by atoms with Gasteiger partial charge >= 0.3 is 0 Å². The molecule has 0 saturated carbocycles. The van der Waals surface area contributed by atoms with Crippen molar-refractivity contribution in [3.8, 4) is 0 Å². The summed E-state index contributed by atoms with van der Waals surface area (Å²) in [7, 11) is 0. The molecule has 1 spiro atoms. The van der Waals surface area contributed by atoms with E-state index in [0.29, 0.717) is 25.5 Å². The molecule has 3 heterocycles. The van der Waals surface area contributed by atoms with Gasteiger partial charge in [0.15, 0.2) is 5.79 Å². The molecule has 0 aromatic carbocycles. The Morgan fingerprint density at radius 1 is 1.36 bits per heavy atom. The maximum atomic E-state index is 12.0. The Balaban J connectivity index is 1.64. The number of nitrogens with one attached hydrogen (secondary N) is 1. The molecule has 0 unspecified atom stereocenters. The first-order valence-electron chi connectivity index (χ1n) is 7.99. The molecule has 0 radical (unpaired) electrons. The standard InChI is InChI=1S/C16H23N3O3/c1-2-6-18-15(20)14-12-13(3-7-17-14)19-8-4-16(5-9-19)21-10-11-22-16/h3,7,12H,2,4-6,8-11H2,1H3,(H,18,20). The van der Waals surface area contributed by atoms with E-state index in [9.17, 15) is 4.79 Å². The first kappa shape index (κ1) is 15.2. The largest absolute Gasteiger partial charge is 0.371 e. The second kappa shape index (κ2) is 6.62. The van der Waals surface area contributed by atoms with Crippen LogP contribution in [-0.2, 0) is 9.47 Å². The van der Waals surface area contributed by atoms with Crippen LogP contribution >= 0.6 is 0 Å². The second-order valence-corrected chi connectivity index (χ2v) is 5.75. The van der Waals surface area contributed by atoms with Crippen LogP contribution < -0.4 is 10.2 Å². The van der Waals surface area contributed by atoms with Crippen molar-refractivity contribution in [2.45, 2.75) is 32.0 Å². The Hall–Kier alpha value is -1.66. The molecular weight excluding hydrogens is 282 g/mol. The summed E-state index contributed by atoms with van der Waals surface area (Å²) in [4.78, 5) is 18.4. The van der Waals surface area contributed by atoms with Gasteiger partial charge in [0.2, 0.25) is 0 Å². The van der Waals surface area contributed by atoms with E-state index in [0.717, 1.165) is 38.0 Å². The minimum Gasteiger partial charge on any atom is -0.371 e. The minimum atomic E-state index is -0.370. The van der Waals surface area contributed by atoms with Crippen molar-refractivity contribution in [3.05, 3.63) is 24.0 Å². The molecular formula is C16H23N3O3. The second-order valence-electron chi connectivity index (χ2n) is 5.75. The van der Waals surface area contributed by atoms with Gasteiger partial charge in [-0.15, -0.1) is 0 Å². The lowest BCUT2D eigenvalue weighted by molar-refractivity contribution is -0.169. The van der Waals surface area contributed by atoms with Crippen LogP contribution in [-0.4, -0.2) is 49.5 Å². The van der Waals surface area contributed by atoms with Crippen LogP contribution in [0.2, 0.25) is 0 Å². The van der Waals surface area contributed by atoms with Gasteiger partial charge in [0.1, 0.15) is 5.69 Å². The summed E-state index contributed by atoms with van der Waals surface area (Å²) in [5.74, 6) is -0.482. The summed E-state index contributed by atoms with van der Waals surface area (Å²) in [6.07, 6.45) is 4.32. The molecule has 0 aliphatic carbocycles. The van der Waals surface area contributed by atoms with Gasteiger partial charge in [-0.1, -0.05) is 6.92 Å². The minimum absolute atomic E-state index is 0.111. The smallest absolute Gasteiger partial charge is 0.269 e. The molecule has 120 valence electrons. The van der Waals surface area contributed by atoms with Crippen molar-refractivity contribution in [2.24, 2.45) is 0 Å². The zero-order valence-electron chi connectivity index (χ0n) is 13.0. The van der Waals surface area contributed by atoms with Crippen LogP contribution in [0.5, 0.6) is 0 Å². The number of carbonyl (C=O) groups is 1. The number of pyridine rings is 1. The number of nitrogens with zero attached hydrogens (tertiary/aromatic N) is 2. The normalized spacial score (nSPS) is 20.3. The number of piperidine rings is 1. The van der Waals surface area contributed by atoms with Crippen LogP contribution in [0.1, 0.15) is 36.7 Å². The van der Waals surface area contributed by atoms with Crippen molar-refractivity contribution in [3.63, 3.8) is 0 Å². The van der Waals surface area contributed by atoms with Crippen molar-refractivity contribution < 1.29 is 14.3 Å². The fraction of sp³-hybridized carbons (Fsp3) is 0.625. The molecule has 1 aromatic rings. The number of aromatic nitrogens is 1. The zero-order chi connectivity index (χ0) is 15.4. The van der Waals surface area contributed by atoms with Crippen molar-refractivity contribution in [1.29, 1.82) is 0 Å². The predicted molar refractivity (Wildman–Crippen MR) is 82.9 cm³/mol. The van der Waals surface area contributed by atoms with Gasteiger partial charge in [0, 0.05) is 44.4 Å². The highest BCUT2D eigenvalue weighted by atomic mass is 16.7. The molecule has 3 rings (SSSR count). The van der Waals surface area contributed by atoms with Gasteiger partial charge in [0.05, 0.1) is 13.2 Å². The maximum Gasteiger partial charge on any atom is 0.269 e. The number of rotatable bonds is 4. The van der Waals surface area contributed by atoms with Gasteiger partial charge in [-0.25, -0.2) is 0 Å². The topological polar surface area (TPSA) is 63.7 Å². The van der Waals surface area contributed by atoms with Gasteiger partial charge in [-0.3, -0.25) is 9.78 Å². The van der Waals surface area contributed by atoms with Crippen molar-refractivity contribution in [2.75, 3.05) is 37.7 Å². The van der Waals surface area contributed by atoms with E-state index in [1.54, 1.807) is 6.20 Å². The first-order chi connectivity index (χ1) is 10.7. The fourth-order valence-electron chi connectivity index (χ4n) is 2.96. The quantitative estimate of drug-likeness (QED) is 0.914. The average molecular weight is 305 g/mol. The van der Waals surface area contributed by atoms with Gasteiger partial charge in [0.25, 0.3) is 5.91 Å². The van der Waals surface area contributed by atoms with Crippen LogP contribution in [0.25, 0.3) is 0 Å². The fourth-order valence-corrected chi connectivity index (χ4v) is 2.96. The summed E-state index contributed by atoms with van der Waals surface area (Å²) in [5.41, 5.74) is 1.50.